The zero-order chi connectivity index (χ0) is 21.0. The molecule has 1 atom stereocenters. The van der Waals surface area contributed by atoms with Crippen LogP contribution < -0.4 is 0 Å². The standard InChI is InChI=1S/C20H28N2O6S/c1-15-6-7-17(29(25,26)21-9-11-27-12-10-21)13-18(15)20(24)28-14-19(23)22-8-4-3-5-16(22)2/h6-7,13,16H,3-5,8-12,14H2,1-2H3. The predicted molar refractivity (Wildman–Crippen MR) is 106 cm³/mol. The average Bonchev–Trinajstić information content (AvgIpc) is 2.73. The van der Waals surface area contributed by atoms with E-state index in [4.69, 9.17) is 9.47 Å². The number of amides is 1. The molecule has 0 N–H and O–H groups in total. The number of sulfonamides is 1. The molecule has 160 valence electrons. The van der Waals surface area contributed by atoms with Gasteiger partial charge in [0, 0.05) is 25.7 Å². The molecule has 3 rings (SSSR count). The number of hydrogen-bond donors (Lipinski definition) is 0. The Labute approximate surface area is 171 Å². The fourth-order valence-electron chi connectivity index (χ4n) is 3.67. The van der Waals surface area contributed by atoms with Gasteiger partial charge in [-0.05, 0) is 50.8 Å². The van der Waals surface area contributed by atoms with E-state index in [2.05, 4.69) is 0 Å². The highest BCUT2D eigenvalue weighted by atomic mass is 32.2. The van der Waals surface area contributed by atoms with Crippen LogP contribution in [0.2, 0.25) is 0 Å². The van der Waals surface area contributed by atoms with Gasteiger partial charge in [0.05, 0.1) is 23.7 Å². The molecule has 0 bridgehead atoms. The van der Waals surface area contributed by atoms with E-state index in [1.165, 1.54) is 16.4 Å². The van der Waals surface area contributed by atoms with Gasteiger partial charge in [-0.3, -0.25) is 4.79 Å². The Kier molecular flexibility index (Phi) is 6.92. The SMILES string of the molecule is Cc1ccc(S(=O)(=O)N2CCOCC2)cc1C(=O)OCC(=O)N1CCCCC1C. The van der Waals surface area contributed by atoms with Crippen LogP contribution in [0.25, 0.3) is 0 Å². The predicted octanol–water partition coefficient (Wildman–Crippen LogP) is 1.57. The summed E-state index contributed by atoms with van der Waals surface area (Å²) in [7, 11) is -3.72. The molecule has 2 heterocycles. The van der Waals surface area contributed by atoms with Crippen LogP contribution >= 0.6 is 0 Å². The van der Waals surface area contributed by atoms with Crippen LogP contribution in [0.15, 0.2) is 23.1 Å². The van der Waals surface area contributed by atoms with E-state index in [0.29, 0.717) is 25.3 Å². The number of morpholine rings is 1. The Morgan fingerprint density at radius 1 is 1.17 bits per heavy atom. The quantitative estimate of drug-likeness (QED) is 0.666. The Hall–Kier alpha value is -1.97. The summed E-state index contributed by atoms with van der Waals surface area (Å²) in [5.41, 5.74) is 0.744. The third kappa shape index (κ3) is 4.96. The number of carbonyl (C=O) groups excluding carboxylic acids is 2. The largest absolute Gasteiger partial charge is 0.452 e. The minimum Gasteiger partial charge on any atom is -0.452 e. The molecule has 1 aromatic carbocycles. The number of rotatable bonds is 5. The second kappa shape index (κ2) is 9.23. The fourth-order valence-corrected chi connectivity index (χ4v) is 5.11. The van der Waals surface area contributed by atoms with Gasteiger partial charge in [0.25, 0.3) is 5.91 Å². The lowest BCUT2D eigenvalue weighted by molar-refractivity contribution is -0.137. The molecule has 0 radical (unpaired) electrons. The molecule has 8 nitrogen and oxygen atoms in total. The first kappa shape index (κ1) is 21.7. The van der Waals surface area contributed by atoms with Gasteiger partial charge in [0.2, 0.25) is 10.0 Å². The van der Waals surface area contributed by atoms with Gasteiger partial charge in [-0.1, -0.05) is 6.07 Å². The smallest absolute Gasteiger partial charge is 0.338 e. The van der Waals surface area contributed by atoms with Gasteiger partial charge >= 0.3 is 5.97 Å². The lowest BCUT2D eigenvalue weighted by atomic mass is 10.0. The van der Waals surface area contributed by atoms with Gasteiger partial charge in [0.15, 0.2) is 6.61 Å². The maximum Gasteiger partial charge on any atom is 0.338 e. The number of aryl methyl sites for hydroxylation is 1. The van der Waals surface area contributed by atoms with Gasteiger partial charge < -0.3 is 14.4 Å². The molecule has 1 aromatic rings. The zero-order valence-corrected chi connectivity index (χ0v) is 17.7. The molecular weight excluding hydrogens is 396 g/mol. The summed E-state index contributed by atoms with van der Waals surface area (Å²) in [6.07, 6.45) is 2.99. The van der Waals surface area contributed by atoms with Gasteiger partial charge in [-0.15, -0.1) is 0 Å². The van der Waals surface area contributed by atoms with Crippen molar-refractivity contribution in [2.45, 2.75) is 44.0 Å². The van der Waals surface area contributed by atoms with Gasteiger partial charge in [-0.25, -0.2) is 13.2 Å². The van der Waals surface area contributed by atoms with Crippen LogP contribution in [0.5, 0.6) is 0 Å². The van der Waals surface area contributed by atoms with Crippen LogP contribution in [0.3, 0.4) is 0 Å². The molecule has 0 saturated carbocycles. The number of nitrogens with zero attached hydrogens (tertiary/aromatic N) is 2. The number of hydrogen-bond acceptors (Lipinski definition) is 6. The molecule has 0 spiro atoms. The number of ether oxygens (including phenoxy) is 2. The van der Waals surface area contributed by atoms with Gasteiger partial charge in [-0.2, -0.15) is 4.31 Å². The molecule has 1 amide bonds. The molecule has 2 aliphatic heterocycles. The third-order valence-corrected chi connectivity index (χ3v) is 7.38. The summed E-state index contributed by atoms with van der Waals surface area (Å²) in [5.74, 6) is -0.917. The maximum atomic E-state index is 12.8. The molecule has 2 fully saturated rings. The van der Waals surface area contributed by atoms with Crippen molar-refractivity contribution in [3.8, 4) is 0 Å². The summed E-state index contributed by atoms with van der Waals surface area (Å²) < 4.78 is 37.5. The lowest BCUT2D eigenvalue weighted by Crippen LogP contribution is -2.44. The third-order valence-electron chi connectivity index (χ3n) is 5.49. The van der Waals surface area contributed by atoms with Crippen LogP contribution in [-0.4, -0.2) is 75.0 Å². The van der Waals surface area contributed by atoms with Crippen LogP contribution in [0, 0.1) is 6.92 Å². The molecule has 0 aromatic heterocycles. The number of esters is 1. The highest BCUT2D eigenvalue weighted by Crippen LogP contribution is 2.22. The van der Waals surface area contributed by atoms with E-state index < -0.39 is 16.0 Å². The molecule has 0 aliphatic carbocycles. The van der Waals surface area contributed by atoms with Crippen molar-refractivity contribution < 1.29 is 27.5 Å². The van der Waals surface area contributed by atoms with Crippen molar-refractivity contribution in [2.24, 2.45) is 0 Å². The average molecular weight is 425 g/mol. The Balaban J connectivity index is 1.70. The Bertz CT molecular complexity index is 864. The summed E-state index contributed by atoms with van der Waals surface area (Å²) in [5, 5.41) is 0. The van der Waals surface area contributed by atoms with E-state index in [1.807, 2.05) is 6.92 Å². The number of carbonyl (C=O) groups is 2. The number of benzene rings is 1. The molecule has 29 heavy (non-hydrogen) atoms. The van der Waals surface area contributed by atoms with E-state index in [1.54, 1.807) is 17.9 Å². The second-order valence-corrected chi connectivity index (χ2v) is 9.44. The highest BCUT2D eigenvalue weighted by Gasteiger charge is 2.28. The molecule has 2 aliphatic rings. The van der Waals surface area contributed by atoms with E-state index in [9.17, 15) is 18.0 Å². The number of piperidine rings is 1. The Morgan fingerprint density at radius 2 is 1.90 bits per heavy atom. The first-order chi connectivity index (χ1) is 13.8. The van der Waals surface area contributed by atoms with Crippen molar-refractivity contribution >= 4 is 21.9 Å². The van der Waals surface area contributed by atoms with Crippen LogP contribution in [0.1, 0.15) is 42.1 Å². The summed E-state index contributed by atoms with van der Waals surface area (Å²) >= 11 is 0. The molecule has 2 saturated heterocycles. The molecule has 1 unspecified atom stereocenters. The molecule has 9 heteroatoms. The monoisotopic (exact) mass is 424 g/mol. The van der Waals surface area contributed by atoms with Crippen molar-refractivity contribution in [1.29, 1.82) is 0 Å². The van der Waals surface area contributed by atoms with Crippen molar-refractivity contribution in [2.75, 3.05) is 39.5 Å². The summed E-state index contributed by atoms with van der Waals surface area (Å²) in [6.45, 7) is 5.26. The van der Waals surface area contributed by atoms with E-state index >= 15 is 0 Å². The summed E-state index contributed by atoms with van der Waals surface area (Å²) in [4.78, 5) is 26.7. The van der Waals surface area contributed by atoms with Crippen LogP contribution in [-0.2, 0) is 24.3 Å². The minimum absolute atomic E-state index is 0.0351. The maximum absolute atomic E-state index is 12.8. The first-order valence-electron chi connectivity index (χ1n) is 9.96. The number of likely N-dealkylation sites (tertiary alicyclic amines) is 1. The molecular formula is C20H28N2O6S. The van der Waals surface area contributed by atoms with Crippen molar-refractivity contribution in [3.63, 3.8) is 0 Å². The van der Waals surface area contributed by atoms with Crippen molar-refractivity contribution in [3.05, 3.63) is 29.3 Å². The fraction of sp³-hybridized carbons (Fsp3) is 0.600. The first-order valence-corrected chi connectivity index (χ1v) is 11.4. The normalized spacial score (nSPS) is 21.0. The lowest BCUT2D eigenvalue weighted by Gasteiger charge is -2.33. The topological polar surface area (TPSA) is 93.2 Å². The van der Waals surface area contributed by atoms with E-state index in [-0.39, 0.29) is 42.1 Å². The van der Waals surface area contributed by atoms with E-state index in [0.717, 1.165) is 19.3 Å². The van der Waals surface area contributed by atoms with Crippen LogP contribution in [0.4, 0.5) is 0 Å². The Morgan fingerprint density at radius 3 is 2.59 bits per heavy atom. The summed E-state index contributed by atoms with van der Waals surface area (Å²) in [6, 6.07) is 4.53. The zero-order valence-electron chi connectivity index (χ0n) is 16.9. The second-order valence-electron chi connectivity index (χ2n) is 7.50. The van der Waals surface area contributed by atoms with Crippen molar-refractivity contribution in [1.82, 2.24) is 9.21 Å². The highest BCUT2D eigenvalue weighted by molar-refractivity contribution is 7.89. The minimum atomic E-state index is -3.72. The van der Waals surface area contributed by atoms with Gasteiger partial charge in [0.1, 0.15) is 0 Å².